The van der Waals surface area contributed by atoms with Crippen molar-refractivity contribution in [1.29, 1.82) is 0 Å². The van der Waals surface area contributed by atoms with Crippen LogP contribution in [0.5, 0.6) is 5.75 Å². The lowest BCUT2D eigenvalue weighted by Crippen LogP contribution is -2.40. The maximum Gasteiger partial charge on any atom is 0.286 e. The van der Waals surface area contributed by atoms with Crippen LogP contribution >= 0.6 is 11.8 Å². The molecule has 2 heterocycles. The molecule has 1 atom stereocenters. The zero-order valence-electron chi connectivity index (χ0n) is 12.0. The van der Waals surface area contributed by atoms with Crippen molar-refractivity contribution >= 4 is 28.9 Å². The number of hydrogen-bond donors (Lipinski definition) is 1. The van der Waals surface area contributed by atoms with Crippen LogP contribution in [-0.4, -0.2) is 33.7 Å². The van der Waals surface area contributed by atoms with Crippen LogP contribution in [0.25, 0.3) is 6.08 Å². The molecule has 0 aromatic heterocycles. The number of amidine groups is 1. The minimum atomic E-state index is -0.166. The summed E-state index contributed by atoms with van der Waals surface area (Å²) >= 11 is 1.45. The summed E-state index contributed by atoms with van der Waals surface area (Å²) < 4.78 is 0. The normalized spacial score (nSPS) is 24.5. The Bertz CT molecular complexity index is 607. The Morgan fingerprint density at radius 1 is 1.33 bits per heavy atom. The van der Waals surface area contributed by atoms with Crippen LogP contribution in [0.4, 0.5) is 0 Å². The highest BCUT2D eigenvalue weighted by Crippen LogP contribution is 2.33. The van der Waals surface area contributed by atoms with Crippen molar-refractivity contribution in [2.75, 3.05) is 6.54 Å². The third-order valence-corrected chi connectivity index (χ3v) is 4.87. The van der Waals surface area contributed by atoms with E-state index in [2.05, 4.69) is 16.8 Å². The molecule has 0 bridgehead atoms. The Morgan fingerprint density at radius 3 is 2.81 bits per heavy atom. The Hall–Kier alpha value is -1.75. The largest absolute Gasteiger partial charge is 0.508 e. The SMILES string of the molecule is C[C@@H]1CCCCN1C1=NC(=O)/C(=C\c2ccc(O)cc2)S1. The van der Waals surface area contributed by atoms with Gasteiger partial charge in [-0.2, -0.15) is 4.99 Å². The van der Waals surface area contributed by atoms with Crippen molar-refractivity contribution in [2.24, 2.45) is 4.99 Å². The second-order valence-electron chi connectivity index (χ2n) is 5.44. The highest BCUT2D eigenvalue weighted by atomic mass is 32.2. The molecule has 1 aromatic rings. The van der Waals surface area contributed by atoms with Crippen molar-refractivity contribution in [1.82, 2.24) is 4.90 Å². The summed E-state index contributed by atoms with van der Waals surface area (Å²) in [5.41, 5.74) is 0.895. The molecule has 1 aromatic carbocycles. The van der Waals surface area contributed by atoms with Crippen LogP contribution in [0.15, 0.2) is 34.2 Å². The van der Waals surface area contributed by atoms with Crippen molar-refractivity contribution in [3.8, 4) is 5.75 Å². The summed E-state index contributed by atoms with van der Waals surface area (Å²) in [7, 11) is 0. The number of hydrogen-bond acceptors (Lipinski definition) is 4. The molecule has 0 aliphatic carbocycles. The van der Waals surface area contributed by atoms with E-state index in [1.807, 2.05) is 6.08 Å². The molecule has 0 spiro atoms. The minimum Gasteiger partial charge on any atom is -0.508 e. The van der Waals surface area contributed by atoms with Gasteiger partial charge in [0.15, 0.2) is 5.17 Å². The van der Waals surface area contributed by atoms with Crippen LogP contribution in [0.3, 0.4) is 0 Å². The number of aromatic hydroxyl groups is 1. The molecule has 2 aliphatic rings. The fourth-order valence-corrected chi connectivity index (χ4v) is 3.67. The van der Waals surface area contributed by atoms with Crippen LogP contribution in [0.1, 0.15) is 31.7 Å². The lowest BCUT2D eigenvalue weighted by molar-refractivity contribution is -0.113. The van der Waals surface area contributed by atoms with Gasteiger partial charge in [-0.25, -0.2) is 0 Å². The second kappa shape index (κ2) is 5.93. The van der Waals surface area contributed by atoms with Crippen LogP contribution in [-0.2, 0) is 4.79 Å². The van der Waals surface area contributed by atoms with Gasteiger partial charge in [0, 0.05) is 12.6 Å². The molecule has 1 N–H and O–H groups in total. The molecule has 0 unspecified atom stereocenters. The summed E-state index contributed by atoms with van der Waals surface area (Å²) in [6.07, 6.45) is 5.40. The first-order valence-corrected chi connectivity index (χ1v) is 8.03. The number of rotatable bonds is 1. The smallest absolute Gasteiger partial charge is 0.286 e. The molecule has 0 radical (unpaired) electrons. The maximum atomic E-state index is 12.1. The monoisotopic (exact) mass is 302 g/mol. The standard InChI is InChI=1S/C16H18N2O2S/c1-11-4-2-3-9-18(11)16-17-15(20)14(21-16)10-12-5-7-13(19)8-6-12/h5-8,10-11,19H,2-4,9H2,1H3/b14-10+/t11-/m1/s1. The zero-order chi connectivity index (χ0) is 14.8. The Balaban J connectivity index is 1.76. The second-order valence-corrected chi connectivity index (χ2v) is 6.45. The maximum absolute atomic E-state index is 12.1. The zero-order valence-corrected chi connectivity index (χ0v) is 12.8. The van der Waals surface area contributed by atoms with E-state index < -0.39 is 0 Å². The lowest BCUT2D eigenvalue weighted by Gasteiger charge is -2.34. The van der Waals surface area contributed by atoms with Gasteiger partial charge < -0.3 is 10.0 Å². The molecule has 1 saturated heterocycles. The molecule has 5 heteroatoms. The van der Waals surface area contributed by atoms with Crippen LogP contribution in [0, 0.1) is 0 Å². The average Bonchev–Trinajstić information content (AvgIpc) is 2.83. The highest BCUT2D eigenvalue weighted by Gasteiger charge is 2.29. The first-order chi connectivity index (χ1) is 10.1. The third kappa shape index (κ3) is 3.13. The first kappa shape index (κ1) is 14.2. The molecule has 2 aliphatic heterocycles. The summed E-state index contributed by atoms with van der Waals surface area (Å²) in [5.74, 6) is 0.0579. The van der Waals surface area contributed by atoms with E-state index in [0.29, 0.717) is 10.9 Å². The number of benzene rings is 1. The number of piperidine rings is 1. The molecule has 1 amide bonds. The van der Waals surface area contributed by atoms with Gasteiger partial charge in [0.2, 0.25) is 0 Å². The summed E-state index contributed by atoms with van der Waals surface area (Å²) in [6, 6.07) is 7.26. The molecular weight excluding hydrogens is 284 g/mol. The van der Waals surface area contributed by atoms with E-state index in [1.165, 1.54) is 18.2 Å². The number of thioether (sulfide) groups is 1. The average molecular weight is 302 g/mol. The summed E-state index contributed by atoms with van der Waals surface area (Å²) in [6.45, 7) is 3.17. The van der Waals surface area contributed by atoms with Gasteiger partial charge in [-0.15, -0.1) is 0 Å². The molecule has 0 saturated carbocycles. The number of carbonyl (C=O) groups is 1. The van der Waals surface area contributed by atoms with E-state index in [-0.39, 0.29) is 11.7 Å². The number of nitrogens with zero attached hydrogens (tertiary/aromatic N) is 2. The van der Waals surface area contributed by atoms with Crippen molar-refractivity contribution < 1.29 is 9.90 Å². The topological polar surface area (TPSA) is 52.9 Å². The Morgan fingerprint density at radius 2 is 2.10 bits per heavy atom. The van der Waals surface area contributed by atoms with Gasteiger partial charge in [-0.1, -0.05) is 12.1 Å². The third-order valence-electron chi connectivity index (χ3n) is 3.85. The molecule has 1 fully saturated rings. The molecule has 110 valence electrons. The highest BCUT2D eigenvalue weighted by molar-refractivity contribution is 8.18. The number of carbonyl (C=O) groups excluding carboxylic acids is 1. The summed E-state index contributed by atoms with van der Waals surface area (Å²) in [5, 5.41) is 10.1. The molecule has 21 heavy (non-hydrogen) atoms. The first-order valence-electron chi connectivity index (χ1n) is 7.22. The van der Waals surface area contributed by atoms with E-state index in [9.17, 15) is 9.90 Å². The minimum absolute atomic E-state index is 0.166. The Labute approximate surface area is 128 Å². The number of amides is 1. The van der Waals surface area contributed by atoms with E-state index in [1.54, 1.807) is 24.3 Å². The van der Waals surface area contributed by atoms with Crippen molar-refractivity contribution in [3.63, 3.8) is 0 Å². The predicted octanol–water partition coefficient (Wildman–Crippen LogP) is 3.24. The number of likely N-dealkylation sites (tertiary alicyclic amines) is 1. The summed E-state index contributed by atoms with van der Waals surface area (Å²) in [4.78, 5) is 19.1. The van der Waals surface area contributed by atoms with Gasteiger partial charge in [0.1, 0.15) is 5.75 Å². The molecular formula is C16H18N2O2S. The fraction of sp³-hybridized carbons (Fsp3) is 0.375. The predicted molar refractivity (Wildman–Crippen MR) is 86.1 cm³/mol. The van der Waals surface area contributed by atoms with Crippen molar-refractivity contribution in [3.05, 3.63) is 34.7 Å². The van der Waals surface area contributed by atoms with Crippen LogP contribution in [0.2, 0.25) is 0 Å². The van der Waals surface area contributed by atoms with Gasteiger partial charge in [-0.3, -0.25) is 4.79 Å². The molecule has 4 nitrogen and oxygen atoms in total. The molecule has 3 rings (SSSR count). The fourth-order valence-electron chi connectivity index (χ4n) is 2.63. The van der Waals surface area contributed by atoms with Gasteiger partial charge >= 0.3 is 0 Å². The van der Waals surface area contributed by atoms with Crippen LogP contribution < -0.4 is 0 Å². The van der Waals surface area contributed by atoms with Gasteiger partial charge in [0.05, 0.1) is 4.91 Å². The van der Waals surface area contributed by atoms with E-state index in [4.69, 9.17) is 0 Å². The van der Waals surface area contributed by atoms with Crippen molar-refractivity contribution in [2.45, 2.75) is 32.2 Å². The number of phenolic OH excluding ortho intramolecular Hbond substituents is 1. The van der Waals surface area contributed by atoms with E-state index in [0.717, 1.165) is 30.1 Å². The van der Waals surface area contributed by atoms with Gasteiger partial charge in [0.25, 0.3) is 5.91 Å². The number of phenols is 1. The van der Waals surface area contributed by atoms with E-state index >= 15 is 0 Å². The Kier molecular flexibility index (Phi) is 4.01. The van der Waals surface area contributed by atoms with Gasteiger partial charge in [-0.05, 0) is 61.7 Å². The quantitative estimate of drug-likeness (QED) is 0.809. The number of aliphatic imine (C=N–C) groups is 1. The lowest BCUT2D eigenvalue weighted by atomic mass is 10.1.